The summed E-state index contributed by atoms with van der Waals surface area (Å²) in [6.07, 6.45) is 1.94. The maximum absolute atomic E-state index is 12.9. The predicted molar refractivity (Wildman–Crippen MR) is 95.9 cm³/mol. The summed E-state index contributed by atoms with van der Waals surface area (Å²) in [7, 11) is 0. The largest absolute Gasteiger partial charge is 0.371 e. The molecule has 8 nitrogen and oxygen atoms in total. The predicted octanol–water partition coefficient (Wildman–Crippen LogP) is 2.41. The average Bonchev–Trinajstić information content (AvgIpc) is 3.20. The number of amides is 2. The van der Waals surface area contributed by atoms with Crippen LogP contribution in [-0.2, 0) is 0 Å². The van der Waals surface area contributed by atoms with Gasteiger partial charge in [-0.3, -0.25) is 30.6 Å². The van der Waals surface area contributed by atoms with Crippen molar-refractivity contribution < 1.29 is 18.9 Å². The number of carbonyl (C=O) groups excluding carboxylic acids is 2. The molecule has 0 bridgehead atoms. The molecule has 0 aliphatic carbocycles. The smallest absolute Gasteiger partial charge is 0.272 e. The second kappa shape index (κ2) is 7.81. The van der Waals surface area contributed by atoms with Crippen LogP contribution in [0.3, 0.4) is 0 Å². The highest BCUT2D eigenvalue weighted by molar-refractivity contribution is 6.02. The number of hydrogen-bond acceptors (Lipinski definition) is 5. The Kier molecular flexibility index (Phi) is 5.30. The van der Waals surface area contributed by atoms with Crippen molar-refractivity contribution >= 4 is 23.2 Å². The molecular formula is C18H17FN4O4. The van der Waals surface area contributed by atoms with Crippen LogP contribution in [-0.4, -0.2) is 29.8 Å². The van der Waals surface area contributed by atoms with Crippen LogP contribution >= 0.6 is 0 Å². The minimum Gasteiger partial charge on any atom is -0.371 e. The van der Waals surface area contributed by atoms with Crippen molar-refractivity contribution in [3.63, 3.8) is 0 Å². The number of hydrazine groups is 1. The molecule has 1 fully saturated rings. The molecule has 0 spiro atoms. The van der Waals surface area contributed by atoms with Gasteiger partial charge in [-0.25, -0.2) is 4.39 Å². The maximum atomic E-state index is 12.9. The van der Waals surface area contributed by atoms with Crippen molar-refractivity contribution in [1.29, 1.82) is 0 Å². The Labute approximate surface area is 154 Å². The van der Waals surface area contributed by atoms with Crippen molar-refractivity contribution in [1.82, 2.24) is 10.9 Å². The lowest BCUT2D eigenvalue weighted by Gasteiger charge is -2.21. The van der Waals surface area contributed by atoms with E-state index in [1.165, 1.54) is 24.3 Å². The Bertz CT molecular complexity index is 879. The lowest BCUT2D eigenvalue weighted by atomic mass is 10.1. The normalized spacial score (nSPS) is 13.3. The molecule has 9 heteroatoms. The van der Waals surface area contributed by atoms with Crippen molar-refractivity contribution in [3.05, 3.63) is 69.5 Å². The number of halogens is 1. The SMILES string of the molecule is O=C(NNC(=O)c1cc([N+](=O)[O-])ccc1N1CCCC1)c1ccc(F)cc1. The van der Waals surface area contributed by atoms with Gasteiger partial charge in [0.25, 0.3) is 17.5 Å². The summed E-state index contributed by atoms with van der Waals surface area (Å²) < 4.78 is 12.9. The third-order valence-corrected chi connectivity index (χ3v) is 4.28. The third-order valence-electron chi connectivity index (χ3n) is 4.28. The van der Waals surface area contributed by atoms with Gasteiger partial charge < -0.3 is 4.90 Å². The number of nitro groups is 1. The number of rotatable bonds is 4. The van der Waals surface area contributed by atoms with Gasteiger partial charge >= 0.3 is 0 Å². The van der Waals surface area contributed by atoms with Crippen molar-refractivity contribution in [2.24, 2.45) is 0 Å². The van der Waals surface area contributed by atoms with E-state index in [2.05, 4.69) is 10.9 Å². The van der Waals surface area contributed by atoms with Gasteiger partial charge in [0, 0.05) is 30.8 Å². The molecule has 0 unspecified atom stereocenters. The van der Waals surface area contributed by atoms with Gasteiger partial charge in [0.1, 0.15) is 5.82 Å². The molecule has 0 atom stereocenters. The van der Waals surface area contributed by atoms with Crippen LogP contribution in [0.4, 0.5) is 15.8 Å². The van der Waals surface area contributed by atoms with Gasteiger partial charge in [0.2, 0.25) is 0 Å². The van der Waals surface area contributed by atoms with Crippen LogP contribution in [0.25, 0.3) is 0 Å². The fourth-order valence-electron chi connectivity index (χ4n) is 2.91. The number of non-ortho nitro benzene ring substituents is 1. The molecule has 0 aromatic heterocycles. The minimum atomic E-state index is -0.670. The zero-order valence-electron chi connectivity index (χ0n) is 14.3. The van der Waals surface area contributed by atoms with Crippen molar-refractivity contribution in [2.75, 3.05) is 18.0 Å². The van der Waals surface area contributed by atoms with E-state index >= 15 is 0 Å². The lowest BCUT2D eigenvalue weighted by Crippen LogP contribution is -2.42. The number of nitrogens with zero attached hydrogens (tertiary/aromatic N) is 2. The number of carbonyl (C=O) groups is 2. The molecule has 0 saturated carbocycles. The zero-order valence-corrected chi connectivity index (χ0v) is 14.3. The standard InChI is InChI=1S/C18H17FN4O4/c19-13-5-3-12(4-6-13)17(24)20-21-18(25)15-11-14(23(26)27)7-8-16(15)22-9-1-2-10-22/h3-8,11H,1-2,9-10H2,(H,20,24)(H,21,25). The van der Waals surface area contributed by atoms with E-state index in [-0.39, 0.29) is 16.8 Å². The summed E-state index contributed by atoms with van der Waals surface area (Å²) in [4.78, 5) is 37.0. The third kappa shape index (κ3) is 4.20. The van der Waals surface area contributed by atoms with Crippen molar-refractivity contribution in [2.45, 2.75) is 12.8 Å². The Morgan fingerprint density at radius 2 is 1.63 bits per heavy atom. The van der Waals surface area contributed by atoms with Crippen LogP contribution in [0, 0.1) is 15.9 Å². The molecule has 1 aliphatic rings. The Morgan fingerprint density at radius 3 is 2.26 bits per heavy atom. The highest BCUT2D eigenvalue weighted by Gasteiger charge is 2.23. The quantitative estimate of drug-likeness (QED) is 0.633. The van der Waals surface area contributed by atoms with E-state index < -0.39 is 22.6 Å². The fraction of sp³-hybridized carbons (Fsp3) is 0.222. The molecule has 1 saturated heterocycles. The minimum absolute atomic E-state index is 0.102. The van der Waals surface area contributed by atoms with E-state index in [1.807, 2.05) is 4.90 Å². The molecule has 1 aliphatic heterocycles. The topological polar surface area (TPSA) is 105 Å². The van der Waals surface area contributed by atoms with Gasteiger partial charge in [-0.1, -0.05) is 0 Å². The lowest BCUT2D eigenvalue weighted by molar-refractivity contribution is -0.384. The van der Waals surface area contributed by atoms with E-state index in [9.17, 15) is 24.1 Å². The molecule has 2 aromatic carbocycles. The highest BCUT2D eigenvalue weighted by Crippen LogP contribution is 2.28. The molecule has 2 amide bonds. The van der Waals surface area contributed by atoms with Crippen molar-refractivity contribution in [3.8, 4) is 0 Å². The first-order chi connectivity index (χ1) is 13.0. The van der Waals surface area contributed by atoms with Gasteiger partial charge in [-0.2, -0.15) is 0 Å². The van der Waals surface area contributed by atoms with Crippen LogP contribution in [0.5, 0.6) is 0 Å². The van der Waals surface area contributed by atoms with Crippen LogP contribution in [0.15, 0.2) is 42.5 Å². The maximum Gasteiger partial charge on any atom is 0.272 e. The molecule has 2 aromatic rings. The number of nitro benzene ring substituents is 1. The molecule has 27 heavy (non-hydrogen) atoms. The number of benzene rings is 2. The first-order valence-electron chi connectivity index (χ1n) is 8.35. The fourth-order valence-corrected chi connectivity index (χ4v) is 2.91. The van der Waals surface area contributed by atoms with E-state index in [0.29, 0.717) is 5.69 Å². The van der Waals surface area contributed by atoms with Gasteiger partial charge in [0.15, 0.2) is 0 Å². The average molecular weight is 372 g/mol. The van der Waals surface area contributed by atoms with Crippen LogP contribution in [0.1, 0.15) is 33.6 Å². The zero-order chi connectivity index (χ0) is 19.4. The summed E-state index contributed by atoms with van der Waals surface area (Å²) in [6.45, 7) is 1.50. The highest BCUT2D eigenvalue weighted by atomic mass is 19.1. The first kappa shape index (κ1) is 18.3. The van der Waals surface area contributed by atoms with E-state index in [0.717, 1.165) is 38.1 Å². The van der Waals surface area contributed by atoms with Gasteiger partial charge in [-0.05, 0) is 43.2 Å². The molecule has 2 N–H and O–H groups in total. The molecule has 0 radical (unpaired) electrons. The molecule has 3 rings (SSSR count). The number of anilines is 1. The Hall–Kier alpha value is -3.49. The monoisotopic (exact) mass is 372 g/mol. The summed E-state index contributed by atoms with van der Waals surface area (Å²) in [5.74, 6) is -1.78. The summed E-state index contributed by atoms with van der Waals surface area (Å²) in [5.41, 5.74) is 5.12. The Balaban J connectivity index is 1.77. The number of nitrogens with one attached hydrogen (secondary N) is 2. The molecule has 1 heterocycles. The van der Waals surface area contributed by atoms with E-state index in [4.69, 9.17) is 0 Å². The van der Waals surface area contributed by atoms with Gasteiger partial charge in [-0.15, -0.1) is 0 Å². The van der Waals surface area contributed by atoms with E-state index in [1.54, 1.807) is 6.07 Å². The van der Waals surface area contributed by atoms with Gasteiger partial charge in [0.05, 0.1) is 16.2 Å². The van der Waals surface area contributed by atoms with Crippen LogP contribution in [0.2, 0.25) is 0 Å². The summed E-state index contributed by atoms with van der Waals surface area (Å²) >= 11 is 0. The van der Waals surface area contributed by atoms with Crippen LogP contribution < -0.4 is 15.8 Å². The molecular weight excluding hydrogens is 355 g/mol. The molecule has 140 valence electrons. The second-order valence-electron chi connectivity index (χ2n) is 6.07. The number of hydrogen-bond donors (Lipinski definition) is 2. The summed E-state index contributed by atoms with van der Waals surface area (Å²) in [6, 6.07) is 8.89. The Morgan fingerprint density at radius 1 is 1.00 bits per heavy atom. The summed E-state index contributed by atoms with van der Waals surface area (Å²) in [5, 5.41) is 11.0. The first-order valence-corrected chi connectivity index (χ1v) is 8.35. The second-order valence-corrected chi connectivity index (χ2v) is 6.07.